The molecule has 0 amide bonds. The van der Waals surface area contributed by atoms with Crippen LogP contribution in [-0.2, 0) is 6.42 Å². The molecule has 1 atom stereocenters. The number of aryl methyl sites for hydroxylation is 1. The first kappa shape index (κ1) is 18.8. The molecule has 0 radical (unpaired) electrons. The van der Waals surface area contributed by atoms with Crippen LogP contribution >= 0.6 is 0 Å². The third-order valence-electron chi connectivity index (χ3n) is 4.35. The van der Waals surface area contributed by atoms with E-state index in [4.69, 9.17) is 10.5 Å². The van der Waals surface area contributed by atoms with Crippen LogP contribution in [0.4, 0.5) is 11.4 Å². The lowest BCUT2D eigenvalue weighted by molar-refractivity contribution is 0.117. The maximum absolute atomic E-state index is 10.1. The summed E-state index contributed by atoms with van der Waals surface area (Å²) in [6.45, 7) is 2.72. The molecule has 1 unspecified atom stereocenters. The van der Waals surface area contributed by atoms with Crippen LogP contribution in [0.15, 0.2) is 72.8 Å². The zero-order valence-corrected chi connectivity index (χ0v) is 15.6. The van der Waals surface area contributed by atoms with Crippen molar-refractivity contribution in [1.29, 1.82) is 0 Å². The van der Waals surface area contributed by atoms with E-state index in [0.29, 0.717) is 6.54 Å². The molecule has 0 fully saturated rings. The van der Waals surface area contributed by atoms with Crippen molar-refractivity contribution in [2.45, 2.75) is 19.4 Å². The molecule has 3 rings (SSSR count). The van der Waals surface area contributed by atoms with Crippen LogP contribution in [0.1, 0.15) is 16.7 Å². The molecule has 3 aromatic rings. The largest absolute Gasteiger partial charge is 0.491 e. The smallest absolute Gasteiger partial charge is 0.119 e. The maximum Gasteiger partial charge on any atom is 0.119 e. The van der Waals surface area contributed by atoms with Gasteiger partial charge in [0.15, 0.2) is 0 Å². The number of nitrogens with two attached hydrogens (primary N) is 1. The molecule has 0 saturated carbocycles. The second kappa shape index (κ2) is 9.10. The molecule has 140 valence electrons. The number of nitrogens with one attached hydrogen (secondary N) is 1. The average molecular weight is 362 g/mol. The minimum Gasteiger partial charge on any atom is -0.491 e. The minimum atomic E-state index is -0.583. The molecule has 0 saturated heterocycles. The van der Waals surface area contributed by atoms with Gasteiger partial charge >= 0.3 is 0 Å². The summed E-state index contributed by atoms with van der Waals surface area (Å²) in [6.07, 6.45) is 0.286. The van der Waals surface area contributed by atoms with Gasteiger partial charge in [-0.3, -0.25) is 0 Å². The van der Waals surface area contributed by atoms with Crippen molar-refractivity contribution in [1.82, 2.24) is 0 Å². The number of aliphatic hydroxyl groups excluding tert-OH is 1. The van der Waals surface area contributed by atoms with Gasteiger partial charge < -0.3 is 20.9 Å². The third kappa shape index (κ3) is 6.04. The molecule has 0 spiro atoms. The molecule has 0 aliphatic heterocycles. The van der Waals surface area contributed by atoms with Crippen molar-refractivity contribution in [3.63, 3.8) is 0 Å². The number of aliphatic hydroxyl groups is 1. The number of nitrogen functional groups attached to an aromatic ring is 1. The molecule has 4 nitrogen and oxygen atoms in total. The van der Waals surface area contributed by atoms with Gasteiger partial charge in [-0.05, 0) is 60.9 Å². The molecular formula is C23H26N2O2. The Morgan fingerprint density at radius 1 is 0.889 bits per heavy atom. The molecule has 0 aliphatic carbocycles. The van der Waals surface area contributed by atoms with E-state index in [0.717, 1.165) is 23.5 Å². The van der Waals surface area contributed by atoms with Crippen LogP contribution < -0.4 is 15.8 Å². The molecule has 3 aromatic carbocycles. The predicted octanol–water partition coefficient (Wildman–Crippen LogP) is 4.02. The number of benzene rings is 3. The van der Waals surface area contributed by atoms with E-state index < -0.39 is 6.10 Å². The summed E-state index contributed by atoms with van der Waals surface area (Å²) in [5.74, 6) is 0.770. The second-order valence-electron chi connectivity index (χ2n) is 6.77. The van der Waals surface area contributed by atoms with Crippen molar-refractivity contribution in [2.75, 3.05) is 24.2 Å². The van der Waals surface area contributed by atoms with Gasteiger partial charge in [0.05, 0.1) is 0 Å². The highest BCUT2D eigenvalue weighted by atomic mass is 16.5. The first-order chi connectivity index (χ1) is 13.1. The van der Waals surface area contributed by atoms with Gasteiger partial charge in [0, 0.05) is 17.9 Å². The zero-order valence-electron chi connectivity index (χ0n) is 15.6. The fourth-order valence-electron chi connectivity index (χ4n) is 2.73. The third-order valence-corrected chi connectivity index (χ3v) is 4.35. The standard InChI is InChI=1S/C23H26N2O2/c1-17-2-12-23(13-3-17)27-16-22(26)15-25-21-10-6-19(7-11-21)14-18-4-8-20(24)9-5-18/h2-13,22,25-26H,14-16,24H2,1H3. The molecule has 0 aliphatic rings. The van der Waals surface area contributed by atoms with E-state index in [-0.39, 0.29) is 6.61 Å². The van der Waals surface area contributed by atoms with Crippen LogP contribution in [0.25, 0.3) is 0 Å². The van der Waals surface area contributed by atoms with E-state index in [9.17, 15) is 5.11 Å². The highest BCUT2D eigenvalue weighted by molar-refractivity contribution is 5.46. The number of hydrogen-bond donors (Lipinski definition) is 3. The zero-order chi connectivity index (χ0) is 19.1. The molecule has 4 N–H and O–H groups in total. The minimum absolute atomic E-state index is 0.255. The molecular weight excluding hydrogens is 336 g/mol. The Bertz CT molecular complexity index is 828. The molecule has 0 bridgehead atoms. The summed E-state index contributed by atoms with van der Waals surface area (Å²) in [6, 6.07) is 24.0. The van der Waals surface area contributed by atoms with E-state index in [1.54, 1.807) is 0 Å². The summed E-state index contributed by atoms with van der Waals surface area (Å²) in [7, 11) is 0. The van der Waals surface area contributed by atoms with Gasteiger partial charge in [0.2, 0.25) is 0 Å². The maximum atomic E-state index is 10.1. The van der Waals surface area contributed by atoms with Crippen molar-refractivity contribution < 1.29 is 9.84 Å². The number of hydrogen-bond acceptors (Lipinski definition) is 4. The van der Waals surface area contributed by atoms with Crippen LogP contribution in [0.2, 0.25) is 0 Å². The fourth-order valence-corrected chi connectivity index (χ4v) is 2.73. The van der Waals surface area contributed by atoms with Crippen molar-refractivity contribution in [2.24, 2.45) is 0 Å². The lowest BCUT2D eigenvalue weighted by atomic mass is 10.0. The summed E-state index contributed by atoms with van der Waals surface area (Å²) in [5.41, 5.74) is 11.1. The van der Waals surface area contributed by atoms with Crippen LogP contribution in [0.3, 0.4) is 0 Å². The molecule has 27 heavy (non-hydrogen) atoms. The van der Waals surface area contributed by atoms with Crippen LogP contribution in [0, 0.1) is 6.92 Å². The van der Waals surface area contributed by atoms with Crippen molar-refractivity contribution in [3.8, 4) is 5.75 Å². The van der Waals surface area contributed by atoms with Crippen LogP contribution in [0.5, 0.6) is 5.75 Å². The Morgan fingerprint density at radius 3 is 2.11 bits per heavy atom. The normalized spacial score (nSPS) is 11.8. The van der Waals surface area contributed by atoms with Crippen molar-refractivity contribution in [3.05, 3.63) is 89.5 Å². The van der Waals surface area contributed by atoms with Gasteiger partial charge in [0.1, 0.15) is 18.5 Å². The van der Waals surface area contributed by atoms with Gasteiger partial charge in [-0.15, -0.1) is 0 Å². The van der Waals surface area contributed by atoms with Crippen molar-refractivity contribution >= 4 is 11.4 Å². The first-order valence-corrected chi connectivity index (χ1v) is 9.13. The Balaban J connectivity index is 1.43. The summed E-state index contributed by atoms with van der Waals surface area (Å²) in [4.78, 5) is 0. The monoisotopic (exact) mass is 362 g/mol. The number of ether oxygens (including phenoxy) is 1. The Labute approximate surface area is 160 Å². The summed E-state index contributed by atoms with van der Waals surface area (Å²) in [5, 5.41) is 13.3. The van der Waals surface area contributed by atoms with E-state index >= 15 is 0 Å². The highest BCUT2D eigenvalue weighted by Gasteiger charge is 2.05. The Hall–Kier alpha value is -2.98. The second-order valence-corrected chi connectivity index (χ2v) is 6.77. The van der Waals surface area contributed by atoms with E-state index in [2.05, 4.69) is 17.4 Å². The van der Waals surface area contributed by atoms with Gasteiger partial charge in [0.25, 0.3) is 0 Å². The quantitative estimate of drug-likeness (QED) is 0.530. The summed E-state index contributed by atoms with van der Waals surface area (Å²) < 4.78 is 5.61. The number of rotatable bonds is 8. The summed E-state index contributed by atoms with van der Waals surface area (Å²) >= 11 is 0. The average Bonchev–Trinajstić information content (AvgIpc) is 2.69. The molecule has 0 heterocycles. The lowest BCUT2D eigenvalue weighted by Gasteiger charge is -2.14. The Morgan fingerprint density at radius 2 is 1.48 bits per heavy atom. The predicted molar refractivity (Wildman–Crippen MR) is 111 cm³/mol. The fraction of sp³-hybridized carbons (Fsp3) is 0.217. The molecule has 0 aromatic heterocycles. The lowest BCUT2D eigenvalue weighted by Crippen LogP contribution is -2.26. The topological polar surface area (TPSA) is 67.5 Å². The van der Waals surface area contributed by atoms with Gasteiger partial charge in [-0.2, -0.15) is 0 Å². The first-order valence-electron chi connectivity index (χ1n) is 9.13. The molecule has 4 heteroatoms. The Kier molecular flexibility index (Phi) is 6.34. The highest BCUT2D eigenvalue weighted by Crippen LogP contribution is 2.15. The van der Waals surface area contributed by atoms with Gasteiger partial charge in [-0.25, -0.2) is 0 Å². The van der Waals surface area contributed by atoms with Gasteiger partial charge in [-0.1, -0.05) is 42.0 Å². The van der Waals surface area contributed by atoms with Crippen LogP contribution in [-0.4, -0.2) is 24.4 Å². The number of anilines is 2. The van der Waals surface area contributed by atoms with E-state index in [1.165, 1.54) is 16.7 Å². The van der Waals surface area contributed by atoms with E-state index in [1.807, 2.05) is 67.6 Å². The SMILES string of the molecule is Cc1ccc(OCC(O)CNc2ccc(Cc3ccc(N)cc3)cc2)cc1.